The van der Waals surface area contributed by atoms with Crippen LogP contribution in [-0.4, -0.2) is 32.2 Å². The van der Waals surface area contributed by atoms with Crippen molar-refractivity contribution in [2.75, 3.05) is 20.3 Å². The number of carbonyl (C=O) groups excluding carboxylic acids is 1. The molecule has 4 heteroatoms. The molecule has 3 N–H and O–H groups in total. The standard InChI is InChI=1S/C11H24N2O2/c1-3-4-5-6-8-13-11(14)10(12)7-9-15-2/h10H,3-9,12H2,1-2H3,(H,13,14). The average Bonchev–Trinajstić information content (AvgIpc) is 2.25. The molecule has 0 saturated carbocycles. The van der Waals surface area contributed by atoms with Gasteiger partial charge in [-0.2, -0.15) is 0 Å². The lowest BCUT2D eigenvalue weighted by Crippen LogP contribution is -2.41. The number of unbranched alkanes of at least 4 members (excludes halogenated alkanes) is 3. The van der Waals surface area contributed by atoms with Gasteiger partial charge < -0.3 is 15.8 Å². The third-order valence-electron chi connectivity index (χ3n) is 2.30. The zero-order valence-electron chi connectivity index (χ0n) is 9.92. The van der Waals surface area contributed by atoms with Gasteiger partial charge in [0.15, 0.2) is 0 Å². The van der Waals surface area contributed by atoms with Crippen LogP contribution in [0.5, 0.6) is 0 Å². The van der Waals surface area contributed by atoms with E-state index in [0.29, 0.717) is 13.0 Å². The maximum Gasteiger partial charge on any atom is 0.237 e. The second kappa shape index (κ2) is 9.93. The van der Waals surface area contributed by atoms with Gasteiger partial charge in [0, 0.05) is 20.3 Å². The number of amides is 1. The Hall–Kier alpha value is -0.610. The van der Waals surface area contributed by atoms with Crippen molar-refractivity contribution in [2.45, 2.75) is 45.1 Å². The first kappa shape index (κ1) is 14.4. The van der Waals surface area contributed by atoms with E-state index in [2.05, 4.69) is 12.2 Å². The summed E-state index contributed by atoms with van der Waals surface area (Å²) in [6, 6.07) is -0.434. The summed E-state index contributed by atoms with van der Waals surface area (Å²) in [5.41, 5.74) is 5.65. The van der Waals surface area contributed by atoms with Crippen molar-refractivity contribution in [3.05, 3.63) is 0 Å². The second-order valence-electron chi connectivity index (χ2n) is 3.74. The van der Waals surface area contributed by atoms with E-state index in [9.17, 15) is 4.79 Å². The SMILES string of the molecule is CCCCCCNC(=O)C(N)CCOC. The average molecular weight is 216 g/mol. The first-order chi connectivity index (χ1) is 7.22. The third kappa shape index (κ3) is 8.39. The van der Waals surface area contributed by atoms with Crippen LogP contribution in [0.4, 0.5) is 0 Å². The monoisotopic (exact) mass is 216 g/mol. The number of hydrogen-bond acceptors (Lipinski definition) is 3. The van der Waals surface area contributed by atoms with Crippen LogP contribution in [0, 0.1) is 0 Å². The Morgan fingerprint density at radius 1 is 1.40 bits per heavy atom. The molecule has 15 heavy (non-hydrogen) atoms. The van der Waals surface area contributed by atoms with Crippen LogP contribution < -0.4 is 11.1 Å². The quantitative estimate of drug-likeness (QED) is 0.566. The second-order valence-corrected chi connectivity index (χ2v) is 3.74. The molecule has 0 radical (unpaired) electrons. The Morgan fingerprint density at radius 2 is 2.13 bits per heavy atom. The molecule has 1 atom stereocenters. The molecule has 0 aromatic carbocycles. The van der Waals surface area contributed by atoms with E-state index in [1.165, 1.54) is 19.3 Å². The van der Waals surface area contributed by atoms with Crippen LogP contribution in [0.1, 0.15) is 39.0 Å². The fourth-order valence-electron chi connectivity index (χ4n) is 1.27. The number of nitrogens with one attached hydrogen (secondary N) is 1. The van der Waals surface area contributed by atoms with Crippen molar-refractivity contribution in [1.82, 2.24) is 5.32 Å². The molecule has 0 aliphatic rings. The topological polar surface area (TPSA) is 64.4 Å². The number of nitrogens with two attached hydrogens (primary N) is 1. The molecular formula is C11H24N2O2. The zero-order valence-corrected chi connectivity index (χ0v) is 9.92. The lowest BCUT2D eigenvalue weighted by atomic mass is 10.2. The van der Waals surface area contributed by atoms with E-state index in [-0.39, 0.29) is 5.91 Å². The lowest BCUT2D eigenvalue weighted by molar-refractivity contribution is -0.122. The first-order valence-corrected chi connectivity index (χ1v) is 5.74. The highest BCUT2D eigenvalue weighted by atomic mass is 16.5. The minimum absolute atomic E-state index is 0.0662. The van der Waals surface area contributed by atoms with Crippen LogP contribution in [0.2, 0.25) is 0 Å². The summed E-state index contributed by atoms with van der Waals surface area (Å²) in [6.07, 6.45) is 5.23. The predicted octanol–water partition coefficient (Wildman–Crippen LogP) is 1.05. The van der Waals surface area contributed by atoms with E-state index >= 15 is 0 Å². The van der Waals surface area contributed by atoms with E-state index in [4.69, 9.17) is 10.5 Å². The van der Waals surface area contributed by atoms with Crippen molar-refractivity contribution in [3.8, 4) is 0 Å². The summed E-state index contributed by atoms with van der Waals surface area (Å²) in [6.45, 7) is 3.43. The number of carbonyl (C=O) groups is 1. The highest BCUT2D eigenvalue weighted by molar-refractivity contribution is 5.81. The van der Waals surface area contributed by atoms with Crippen molar-refractivity contribution >= 4 is 5.91 Å². The van der Waals surface area contributed by atoms with E-state index in [0.717, 1.165) is 13.0 Å². The molecule has 0 saturated heterocycles. The van der Waals surface area contributed by atoms with Crippen LogP contribution in [0.3, 0.4) is 0 Å². The van der Waals surface area contributed by atoms with Crippen molar-refractivity contribution in [2.24, 2.45) is 5.73 Å². The summed E-state index contributed by atoms with van der Waals surface area (Å²) in [4.78, 5) is 11.4. The minimum atomic E-state index is -0.434. The molecule has 4 nitrogen and oxygen atoms in total. The molecule has 1 unspecified atom stereocenters. The highest BCUT2D eigenvalue weighted by Crippen LogP contribution is 1.97. The molecule has 90 valence electrons. The molecule has 0 rings (SSSR count). The smallest absolute Gasteiger partial charge is 0.237 e. The Balaban J connectivity index is 3.38. The van der Waals surface area contributed by atoms with Gasteiger partial charge in [0.25, 0.3) is 0 Å². The Bertz CT molecular complexity index is 163. The minimum Gasteiger partial charge on any atom is -0.385 e. The molecule has 0 aliphatic heterocycles. The molecule has 0 heterocycles. The zero-order chi connectivity index (χ0) is 11.5. The summed E-state index contributed by atoms with van der Waals surface area (Å²) in [7, 11) is 1.61. The number of ether oxygens (including phenoxy) is 1. The van der Waals surface area contributed by atoms with Gasteiger partial charge in [-0.25, -0.2) is 0 Å². The number of hydrogen-bond donors (Lipinski definition) is 2. The van der Waals surface area contributed by atoms with E-state index in [1.54, 1.807) is 7.11 Å². The van der Waals surface area contributed by atoms with Crippen molar-refractivity contribution < 1.29 is 9.53 Å². The summed E-state index contributed by atoms with van der Waals surface area (Å²) in [5.74, 6) is -0.0662. The predicted molar refractivity (Wildman–Crippen MR) is 61.6 cm³/mol. The Morgan fingerprint density at radius 3 is 2.73 bits per heavy atom. The van der Waals surface area contributed by atoms with Gasteiger partial charge in [-0.3, -0.25) is 4.79 Å². The molecule has 1 amide bonds. The van der Waals surface area contributed by atoms with E-state index in [1.807, 2.05) is 0 Å². The maximum absolute atomic E-state index is 11.4. The Kier molecular flexibility index (Phi) is 9.52. The van der Waals surface area contributed by atoms with Gasteiger partial charge in [0.05, 0.1) is 6.04 Å². The molecule has 0 bridgehead atoms. The van der Waals surface area contributed by atoms with Crippen LogP contribution >= 0.6 is 0 Å². The van der Waals surface area contributed by atoms with Gasteiger partial charge in [0.1, 0.15) is 0 Å². The van der Waals surface area contributed by atoms with Crippen molar-refractivity contribution in [3.63, 3.8) is 0 Å². The molecule has 0 aromatic heterocycles. The van der Waals surface area contributed by atoms with E-state index < -0.39 is 6.04 Å². The van der Waals surface area contributed by atoms with Crippen LogP contribution in [0.15, 0.2) is 0 Å². The summed E-state index contributed by atoms with van der Waals surface area (Å²) in [5, 5.41) is 2.83. The third-order valence-corrected chi connectivity index (χ3v) is 2.30. The fourth-order valence-corrected chi connectivity index (χ4v) is 1.27. The maximum atomic E-state index is 11.4. The molecule has 0 aliphatic carbocycles. The molecule has 0 fully saturated rings. The van der Waals surface area contributed by atoms with Gasteiger partial charge in [-0.1, -0.05) is 26.2 Å². The van der Waals surface area contributed by atoms with Crippen molar-refractivity contribution in [1.29, 1.82) is 0 Å². The Labute approximate surface area is 92.6 Å². The lowest BCUT2D eigenvalue weighted by Gasteiger charge is -2.11. The summed E-state index contributed by atoms with van der Waals surface area (Å²) < 4.78 is 4.86. The van der Waals surface area contributed by atoms with Gasteiger partial charge in [-0.15, -0.1) is 0 Å². The summed E-state index contributed by atoms with van der Waals surface area (Å²) >= 11 is 0. The number of methoxy groups -OCH3 is 1. The molecule has 0 aromatic rings. The van der Waals surface area contributed by atoms with Crippen LogP contribution in [-0.2, 0) is 9.53 Å². The molecule has 0 spiro atoms. The highest BCUT2D eigenvalue weighted by Gasteiger charge is 2.11. The largest absolute Gasteiger partial charge is 0.385 e. The first-order valence-electron chi connectivity index (χ1n) is 5.74. The molecular weight excluding hydrogens is 192 g/mol. The van der Waals surface area contributed by atoms with Gasteiger partial charge in [0.2, 0.25) is 5.91 Å². The van der Waals surface area contributed by atoms with Gasteiger partial charge >= 0.3 is 0 Å². The van der Waals surface area contributed by atoms with Gasteiger partial charge in [-0.05, 0) is 12.8 Å². The number of rotatable bonds is 9. The van der Waals surface area contributed by atoms with Crippen LogP contribution in [0.25, 0.3) is 0 Å². The normalized spacial score (nSPS) is 12.5. The fraction of sp³-hybridized carbons (Fsp3) is 0.909.